The summed E-state index contributed by atoms with van der Waals surface area (Å²) < 4.78 is 26.4. The molecule has 1 unspecified atom stereocenters. The van der Waals surface area contributed by atoms with Crippen LogP contribution >= 0.6 is 0 Å². The second kappa shape index (κ2) is 6.41. The molecule has 0 saturated heterocycles. The van der Waals surface area contributed by atoms with Gasteiger partial charge in [-0.1, -0.05) is 49.4 Å². The predicted molar refractivity (Wildman–Crippen MR) is 86.6 cm³/mol. The van der Waals surface area contributed by atoms with Crippen molar-refractivity contribution in [3.8, 4) is 11.1 Å². The standard InChI is InChI=1S/C17H21NO2S/c1-4-14(2)18(3)21(19,20)17-12-10-16(11-13-17)15-8-6-5-7-9-15/h5-14H,4H2,1-3H3. The fourth-order valence-corrected chi connectivity index (χ4v) is 3.55. The highest BCUT2D eigenvalue weighted by Crippen LogP contribution is 2.23. The zero-order chi connectivity index (χ0) is 15.5. The van der Waals surface area contributed by atoms with Gasteiger partial charge >= 0.3 is 0 Å². The smallest absolute Gasteiger partial charge is 0.207 e. The Labute approximate surface area is 127 Å². The highest BCUT2D eigenvalue weighted by molar-refractivity contribution is 7.89. The summed E-state index contributed by atoms with van der Waals surface area (Å²) >= 11 is 0. The molecule has 0 saturated carbocycles. The van der Waals surface area contributed by atoms with E-state index in [1.807, 2.05) is 56.3 Å². The van der Waals surface area contributed by atoms with Crippen LogP contribution in [0, 0.1) is 0 Å². The van der Waals surface area contributed by atoms with Gasteiger partial charge < -0.3 is 0 Å². The van der Waals surface area contributed by atoms with Crippen molar-refractivity contribution in [1.82, 2.24) is 4.31 Å². The van der Waals surface area contributed by atoms with Crippen molar-refractivity contribution in [2.24, 2.45) is 0 Å². The van der Waals surface area contributed by atoms with Crippen molar-refractivity contribution >= 4 is 10.0 Å². The molecule has 0 aliphatic heterocycles. The average Bonchev–Trinajstić information content (AvgIpc) is 2.54. The highest BCUT2D eigenvalue weighted by atomic mass is 32.2. The predicted octanol–water partition coefficient (Wildman–Crippen LogP) is 3.77. The van der Waals surface area contributed by atoms with Crippen molar-refractivity contribution in [3.05, 3.63) is 54.6 Å². The summed E-state index contributed by atoms with van der Waals surface area (Å²) in [5.41, 5.74) is 2.09. The minimum atomic E-state index is -3.42. The molecule has 0 spiro atoms. The molecule has 4 heteroatoms. The van der Waals surface area contributed by atoms with Crippen molar-refractivity contribution in [3.63, 3.8) is 0 Å². The molecule has 0 fully saturated rings. The van der Waals surface area contributed by atoms with E-state index >= 15 is 0 Å². The fraction of sp³-hybridized carbons (Fsp3) is 0.294. The van der Waals surface area contributed by atoms with Gasteiger partial charge in [0.1, 0.15) is 0 Å². The van der Waals surface area contributed by atoms with E-state index in [0.29, 0.717) is 4.90 Å². The van der Waals surface area contributed by atoms with Gasteiger partial charge in [0.15, 0.2) is 0 Å². The van der Waals surface area contributed by atoms with E-state index in [0.717, 1.165) is 17.5 Å². The lowest BCUT2D eigenvalue weighted by Crippen LogP contribution is -2.34. The van der Waals surface area contributed by atoms with Crippen LogP contribution < -0.4 is 0 Å². The minimum Gasteiger partial charge on any atom is -0.207 e. The number of nitrogens with zero attached hydrogens (tertiary/aromatic N) is 1. The van der Waals surface area contributed by atoms with E-state index in [1.54, 1.807) is 19.2 Å². The zero-order valence-electron chi connectivity index (χ0n) is 12.7. The van der Waals surface area contributed by atoms with E-state index in [1.165, 1.54) is 4.31 Å². The van der Waals surface area contributed by atoms with Gasteiger partial charge in [0.05, 0.1) is 4.90 Å². The van der Waals surface area contributed by atoms with Crippen molar-refractivity contribution in [2.75, 3.05) is 7.05 Å². The summed E-state index contributed by atoms with van der Waals surface area (Å²) in [6, 6.07) is 17.0. The summed E-state index contributed by atoms with van der Waals surface area (Å²) in [6.45, 7) is 3.89. The number of hydrogen-bond donors (Lipinski definition) is 0. The Hall–Kier alpha value is -1.65. The first kappa shape index (κ1) is 15.7. The Bertz CT molecular complexity index is 678. The molecule has 2 aromatic carbocycles. The van der Waals surface area contributed by atoms with E-state index < -0.39 is 10.0 Å². The van der Waals surface area contributed by atoms with Crippen LogP contribution in [0.2, 0.25) is 0 Å². The van der Waals surface area contributed by atoms with Crippen molar-refractivity contribution in [2.45, 2.75) is 31.2 Å². The number of hydrogen-bond acceptors (Lipinski definition) is 2. The molecule has 2 aromatic rings. The molecule has 0 heterocycles. The van der Waals surface area contributed by atoms with Gasteiger partial charge in [-0.15, -0.1) is 0 Å². The van der Waals surface area contributed by atoms with E-state index in [-0.39, 0.29) is 6.04 Å². The van der Waals surface area contributed by atoms with Gasteiger partial charge in [-0.05, 0) is 36.6 Å². The van der Waals surface area contributed by atoms with Crippen LogP contribution in [0.25, 0.3) is 11.1 Å². The molecule has 112 valence electrons. The first-order valence-electron chi connectivity index (χ1n) is 7.10. The Morgan fingerprint density at radius 2 is 1.48 bits per heavy atom. The molecule has 0 aliphatic carbocycles. The Morgan fingerprint density at radius 3 is 2.00 bits per heavy atom. The third-order valence-corrected chi connectivity index (χ3v) is 5.84. The third-order valence-electron chi connectivity index (χ3n) is 3.85. The number of benzene rings is 2. The van der Waals surface area contributed by atoms with Gasteiger partial charge in [0.25, 0.3) is 0 Å². The maximum Gasteiger partial charge on any atom is 0.243 e. The molecular weight excluding hydrogens is 282 g/mol. The Balaban J connectivity index is 2.31. The molecule has 0 N–H and O–H groups in total. The topological polar surface area (TPSA) is 37.4 Å². The van der Waals surface area contributed by atoms with Crippen molar-refractivity contribution < 1.29 is 8.42 Å². The lowest BCUT2D eigenvalue weighted by molar-refractivity contribution is 0.380. The summed E-state index contributed by atoms with van der Waals surface area (Å²) in [5, 5.41) is 0. The first-order chi connectivity index (χ1) is 9.96. The van der Waals surface area contributed by atoms with E-state index in [4.69, 9.17) is 0 Å². The van der Waals surface area contributed by atoms with Gasteiger partial charge in [-0.25, -0.2) is 8.42 Å². The van der Waals surface area contributed by atoms with Gasteiger partial charge in [-0.3, -0.25) is 0 Å². The zero-order valence-corrected chi connectivity index (χ0v) is 13.5. The van der Waals surface area contributed by atoms with E-state index in [2.05, 4.69) is 0 Å². The maximum absolute atomic E-state index is 12.5. The van der Waals surface area contributed by atoms with Crippen LogP contribution in [0.15, 0.2) is 59.5 Å². The lowest BCUT2D eigenvalue weighted by atomic mass is 10.1. The molecule has 1 atom stereocenters. The summed E-state index contributed by atoms with van der Waals surface area (Å²) in [7, 11) is -1.78. The summed E-state index contributed by atoms with van der Waals surface area (Å²) in [5.74, 6) is 0. The molecular formula is C17H21NO2S. The van der Waals surface area contributed by atoms with Crippen LogP contribution in [-0.2, 0) is 10.0 Å². The summed E-state index contributed by atoms with van der Waals surface area (Å²) in [6.07, 6.45) is 0.790. The van der Waals surface area contributed by atoms with Gasteiger partial charge in [0.2, 0.25) is 10.0 Å². The lowest BCUT2D eigenvalue weighted by Gasteiger charge is -2.23. The van der Waals surface area contributed by atoms with Crippen LogP contribution in [0.1, 0.15) is 20.3 Å². The van der Waals surface area contributed by atoms with Crippen LogP contribution in [0.5, 0.6) is 0 Å². The summed E-state index contributed by atoms with van der Waals surface area (Å²) in [4.78, 5) is 0.338. The Kier molecular flexibility index (Phi) is 4.80. The van der Waals surface area contributed by atoms with Crippen molar-refractivity contribution in [1.29, 1.82) is 0 Å². The Morgan fingerprint density at radius 1 is 0.952 bits per heavy atom. The fourth-order valence-electron chi connectivity index (χ4n) is 2.11. The molecule has 0 aromatic heterocycles. The monoisotopic (exact) mass is 303 g/mol. The first-order valence-corrected chi connectivity index (χ1v) is 8.54. The highest BCUT2D eigenvalue weighted by Gasteiger charge is 2.24. The van der Waals surface area contributed by atoms with Crippen LogP contribution in [0.3, 0.4) is 0 Å². The van der Waals surface area contributed by atoms with Gasteiger partial charge in [0, 0.05) is 13.1 Å². The quantitative estimate of drug-likeness (QED) is 0.843. The molecule has 2 rings (SSSR count). The molecule has 0 aliphatic rings. The minimum absolute atomic E-state index is 0.0104. The maximum atomic E-state index is 12.5. The largest absolute Gasteiger partial charge is 0.243 e. The molecule has 0 amide bonds. The van der Waals surface area contributed by atoms with Crippen LogP contribution in [-0.4, -0.2) is 25.8 Å². The normalized spacial score (nSPS) is 13.3. The molecule has 3 nitrogen and oxygen atoms in total. The van der Waals surface area contributed by atoms with Crippen LogP contribution in [0.4, 0.5) is 0 Å². The average molecular weight is 303 g/mol. The molecule has 0 radical (unpaired) electrons. The van der Waals surface area contributed by atoms with E-state index in [9.17, 15) is 8.42 Å². The molecule has 0 bridgehead atoms. The second-order valence-electron chi connectivity index (χ2n) is 5.17. The third kappa shape index (κ3) is 3.34. The number of sulfonamides is 1. The molecule has 21 heavy (non-hydrogen) atoms. The van der Waals surface area contributed by atoms with Gasteiger partial charge in [-0.2, -0.15) is 4.31 Å². The second-order valence-corrected chi connectivity index (χ2v) is 7.17. The number of rotatable bonds is 5. The SMILES string of the molecule is CCC(C)N(C)S(=O)(=O)c1ccc(-c2ccccc2)cc1.